The summed E-state index contributed by atoms with van der Waals surface area (Å²) in [5, 5.41) is 0. The summed E-state index contributed by atoms with van der Waals surface area (Å²) in [4.78, 5) is 0. The zero-order chi connectivity index (χ0) is 13.5. The Morgan fingerprint density at radius 3 is 2.42 bits per heavy atom. The van der Waals surface area contributed by atoms with Crippen LogP contribution in [0.15, 0.2) is 42.5 Å². The molecule has 0 radical (unpaired) electrons. The second-order valence-corrected chi connectivity index (χ2v) is 5.60. The molecule has 0 amide bonds. The van der Waals surface area contributed by atoms with Crippen LogP contribution in [0.2, 0.25) is 0 Å². The molecule has 1 aromatic carbocycles. The summed E-state index contributed by atoms with van der Waals surface area (Å²) in [6, 6.07) is 9.14. The monoisotopic (exact) mass is 254 g/mol. The van der Waals surface area contributed by atoms with Crippen LogP contribution in [0, 0.1) is 5.92 Å². The number of aryl methyl sites for hydroxylation is 1. The van der Waals surface area contributed by atoms with Gasteiger partial charge in [0.25, 0.3) is 0 Å². The summed E-state index contributed by atoms with van der Waals surface area (Å²) in [6.45, 7) is 4.51. The van der Waals surface area contributed by atoms with E-state index in [1.165, 1.54) is 55.2 Å². The Morgan fingerprint density at radius 2 is 1.84 bits per heavy atom. The lowest BCUT2D eigenvalue weighted by atomic mass is 9.90. The maximum absolute atomic E-state index is 2.40. The van der Waals surface area contributed by atoms with Gasteiger partial charge in [0.05, 0.1) is 0 Å². The molecular weight excluding hydrogens is 228 g/mol. The molecule has 0 saturated carbocycles. The van der Waals surface area contributed by atoms with Crippen molar-refractivity contribution >= 4 is 5.57 Å². The second-order valence-electron chi connectivity index (χ2n) is 5.60. The second kappa shape index (κ2) is 7.33. The highest BCUT2D eigenvalue weighted by Crippen LogP contribution is 2.26. The van der Waals surface area contributed by atoms with E-state index in [0.717, 1.165) is 5.92 Å². The molecule has 1 aromatic rings. The van der Waals surface area contributed by atoms with E-state index in [-0.39, 0.29) is 0 Å². The Hall–Kier alpha value is -1.30. The molecule has 0 bridgehead atoms. The highest BCUT2D eigenvalue weighted by atomic mass is 14.1. The predicted molar refractivity (Wildman–Crippen MR) is 85.2 cm³/mol. The van der Waals surface area contributed by atoms with Crippen molar-refractivity contribution in [2.24, 2.45) is 5.92 Å². The molecule has 0 aromatic heterocycles. The number of rotatable bonds is 6. The average molecular weight is 254 g/mol. The van der Waals surface area contributed by atoms with Crippen LogP contribution in [0.25, 0.3) is 5.57 Å². The van der Waals surface area contributed by atoms with E-state index < -0.39 is 0 Å². The standard InChI is InChI=1S/C19H26/c1-3-5-7-17-10-14-19(15-11-17)18-12-8-16(6-4-2)9-13-18/h8,10-16H,3-7,9H2,1-2H3. The molecule has 0 fully saturated rings. The fourth-order valence-electron chi connectivity index (χ4n) is 2.71. The van der Waals surface area contributed by atoms with Crippen molar-refractivity contribution in [2.45, 2.75) is 52.4 Å². The van der Waals surface area contributed by atoms with Crippen LogP contribution in [-0.2, 0) is 6.42 Å². The summed E-state index contributed by atoms with van der Waals surface area (Å²) in [7, 11) is 0. The smallest absolute Gasteiger partial charge is 0.0187 e. The van der Waals surface area contributed by atoms with E-state index in [4.69, 9.17) is 0 Å². The minimum absolute atomic E-state index is 0.762. The zero-order valence-corrected chi connectivity index (χ0v) is 12.4. The largest absolute Gasteiger partial charge is 0.0805 e. The van der Waals surface area contributed by atoms with Crippen molar-refractivity contribution in [2.75, 3.05) is 0 Å². The van der Waals surface area contributed by atoms with Gasteiger partial charge >= 0.3 is 0 Å². The molecule has 0 aliphatic heterocycles. The van der Waals surface area contributed by atoms with Crippen LogP contribution in [-0.4, -0.2) is 0 Å². The molecule has 0 saturated heterocycles. The van der Waals surface area contributed by atoms with Crippen molar-refractivity contribution in [3.05, 3.63) is 53.6 Å². The molecule has 1 unspecified atom stereocenters. The quantitative estimate of drug-likeness (QED) is 0.603. The number of allylic oxidation sites excluding steroid dienone is 4. The molecule has 0 heterocycles. The van der Waals surface area contributed by atoms with Gasteiger partial charge in [0, 0.05) is 0 Å². The molecule has 0 heteroatoms. The van der Waals surface area contributed by atoms with Gasteiger partial charge in [-0.3, -0.25) is 0 Å². The van der Waals surface area contributed by atoms with Crippen LogP contribution in [0.1, 0.15) is 57.1 Å². The lowest BCUT2D eigenvalue weighted by Crippen LogP contribution is -1.99. The topological polar surface area (TPSA) is 0 Å². The van der Waals surface area contributed by atoms with Crippen molar-refractivity contribution in [3.8, 4) is 0 Å². The lowest BCUT2D eigenvalue weighted by molar-refractivity contribution is 0.585. The third kappa shape index (κ3) is 4.09. The molecule has 2 rings (SSSR count). The Bertz CT molecular complexity index is 434. The summed E-state index contributed by atoms with van der Waals surface area (Å²) in [6.07, 6.45) is 14.7. The van der Waals surface area contributed by atoms with Crippen LogP contribution in [0.3, 0.4) is 0 Å². The SMILES string of the molecule is CCCCc1ccc(C2=CCC(CCC)C=C2)cc1. The summed E-state index contributed by atoms with van der Waals surface area (Å²) >= 11 is 0. The molecule has 1 aliphatic rings. The Morgan fingerprint density at radius 1 is 1.05 bits per heavy atom. The minimum Gasteiger partial charge on any atom is -0.0805 e. The van der Waals surface area contributed by atoms with E-state index in [2.05, 4.69) is 56.3 Å². The van der Waals surface area contributed by atoms with E-state index in [9.17, 15) is 0 Å². The molecular formula is C19H26. The number of unbranched alkanes of at least 4 members (excludes halogenated alkanes) is 1. The van der Waals surface area contributed by atoms with Crippen molar-refractivity contribution in [1.29, 1.82) is 0 Å². The summed E-state index contributed by atoms with van der Waals surface area (Å²) in [5.41, 5.74) is 4.23. The van der Waals surface area contributed by atoms with E-state index >= 15 is 0 Å². The van der Waals surface area contributed by atoms with Crippen LogP contribution >= 0.6 is 0 Å². The first kappa shape index (κ1) is 14.1. The zero-order valence-electron chi connectivity index (χ0n) is 12.4. The van der Waals surface area contributed by atoms with Crippen LogP contribution in [0.4, 0.5) is 0 Å². The summed E-state index contributed by atoms with van der Waals surface area (Å²) in [5.74, 6) is 0.762. The van der Waals surface area contributed by atoms with Gasteiger partial charge in [-0.15, -0.1) is 0 Å². The number of hydrogen-bond acceptors (Lipinski definition) is 0. The molecule has 102 valence electrons. The van der Waals surface area contributed by atoms with E-state index in [0.29, 0.717) is 0 Å². The fourth-order valence-corrected chi connectivity index (χ4v) is 2.71. The highest BCUT2D eigenvalue weighted by Gasteiger charge is 2.08. The third-order valence-electron chi connectivity index (χ3n) is 3.95. The normalized spacial score (nSPS) is 18.4. The number of benzene rings is 1. The van der Waals surface area contributed by atoms with E-state index in [1.807, 2.05) is 0 Å². The molecule has 0 spiro atoms. The van der Waals surface area contributed by atoms with E-state index in [1.54, 1.807) is 0 Å². The Balaban J connectivity index is 1.98. The summed E-state index contributed by atoms with van der Waals surface area (Å²) < 4.78 is 0. The van der Waals surface area contributed by atoms with Crippen molar-refractivity contribution in [3.63, 3.8) is 0 Å². The molecule has 1 atom stereocenters. The molecule has 19 heavy (non-hydrogen) atoms. The first-order valence-corrected chi connectivity index (χ1v) is 7.81. The van der Waals surface area contributed by atoms with Crippen molar-refractivity contribution < 1.29 is 0 Å². The van der Waals surface area contributed by atoms with Gasteiger partial charge in [-0.25, -0.2) is 0 Å². The van der Waals surface area contributed by atoms with Gasteiger partial charge < -0.3 is 0 Å². The van der Waals surface area contributed by atoms with Gasteiger partial charge in [0.2, 0.25) is 0 Å². The van der Waals surface area contributed by atoms with Crippen molar-refractivity contribution in [1.82, 2.24) is 0 Å². The van der Waals surface area contributed by atoms with Crippen LogP contribution in [0.5, 0.6) is 0 Å². The first-order valence-electron chi connectivity index (χ1n) is 7.81. The Labute approximate surface area is 118 Å². The van der Waals surface area contributed by atoms with Gasteiger partial charge in [-0.05, 0) is 48.3 Å². The number of hydrogen-bond donors (Lipinski definition) is 0. The first-order chi connectivity index (χ1) is 9.33. The van der Waals surface area contributed by atoms with Gasteiger partial charge in [0.1, 0.15) is 0 Å². The maximum Gasteiger partial charge on any atom is -0.0187 e. The highest BCUT2D eigenvalue weighted by molar-refractivity contribution is 5.75. The molecule has 1 aliphatic carbocycles. The van der Waals surface area contributed by atoms with Gasteiger partial charge in [-0.2, -0.15) is 0 Å². The van der Waals surface area contributed by atoms with Gasteiger partial charge in [0.15, 0.2) is 0 Å². The lowest BCUT2D eigenvalue weighted by Gasteiger charge is -2.15. The minimum atomic E-state index is 0.762. The van der Waals surface area contributed by atoms with Crippen LogP contribution < -0.4 is 0 Å². The Kier molecular flexibility index (Phi) is 5.44. The average Bonchev–Trinajstić information content (AvgIpc) is 2.47. The maximum atomic E-state index is 2.40. The fraction of sp³-hybridized carbons (Fsp3) is 0.474. The molecule has 0 nitrogen and oxygen atoms in total. The molecule has 0 N–H and O–H groups in total. The third-order valence-corrected chi connectivity index (χ3v) is 3.95. The van der Waals surface area contributed by atoms with Gasteiger partial charge in [-0.1, -0.05) is 69.2 Å². The predicted octanol–water partition coefficient (Wildman–Crippen LogP) is 5.79.